The van der Waals surface area contributed by atoms with Crippen molar-refractivity contribution in [2.24, 2.45) is 0 Å². The van der Waals surface area contributed by atoms with E-state index in [1.165, 1.54) is 44.5 Å². The molecular formula is C114H68N6O2. The number of fused-ring (bicyclic) bond motifs is 28. The summed E-state index contributed by atoms with van der Waals surface area (Å²) in [6.45, 7) is 0. The molecule has 0 saturated heterocycles. The molecule has 0 radical (unpaired) electrons. The quantitative estimate of drug-likeness (QED) is 0.143. The Hall–Kier alpha value is -16.2. The fourth-order valence-electron chi connectivity index (χ4n) is 21.1. The molecule has 0 fully saturated rings. The smallest absolute Gasteiger partial charge is 0.164 e. The van der Waals surface area contributed by atoms with Crippen LogP contribution in [0, 0.1) is 0 Å². The monoisotopic (exact) mass is 1550 g/mol. The maximum absolute atomic E-state index is 7.47. The zero-order chi connectivity index (χ0) is 79.9. The van der Waals surface area contributed by atoms with Gasteiger partial charge in [-0.25, -0.2) is 19.9 Å². The molecular weight excluding hydrogens is 1490 g/mol. The van der Waals surface area contributed by atoms with Gasteiger partial charge in [0, 0.05) is 94.6 Å². The molecule has 2 spiro atoms. The van der Waals surface area contributed by atoms with Crippen molar-refractivity contribution in [3.63, 3.8) is 0 Å². The molecule has 1 atom stereocenters. The number of benzene rings is 18. The third-order valence-electron chi connectivity index (χ3n) is 26.3. The van der Waals surface area contributed by atoms with E-state index in [1.54, 1.807) is 0 Å². The number of nitrogens with zero attached hydrogens (tertiary/aromatic N) is 6. The Labute approximate surface area is 702 Å². The van der Waals surface area contributed by atoms with E-state index in [0.717, 1.165) is 183 Å². The predicted molar refractivity (Wildman–Crippen MR) is 494 cm³/mol. The zero-order valence-electron chi connectivity index (χ0n) is 65.8. The SMILES string of the molecule is c1ccc(-c2ccc(-c3nc(-c4ccccc4)nc(-c4cccc(-n5c6cc7c(cc6c6ccc8ccccc8c65)C5(c6ccccc6O7)c6ccccc6-c6c(-c7cccc(-c8cc(-c9ccccc9)nc(-n9c%10cc%11c(cc%10c%10ccc%12ccccc%12c%109)C9(c%10ccccc%10O%11)c%10ccccc%10-c%10ccccc%109)c8)c7)cccc65)c4)n3)cc2)cc1. The fraction of sp³-hybridized carbons (Fsp3) is 0.0175. The Kier molecular flexibility index (Phi) is 14.6. The van der Waals surface area contributed by atoms with Gasteiger partial charge >= 0.3 is 0 Å². The van der Waals surface area contributed by atoms with Crippen LogP contribution in [0.25, 0.3) is 178 Å². The zero-order valence-corrected chi connectivity index (χ0v) is 65.8. The van der Waals surface area contributed by atoms with Crippen molar-refractivity contribution in [2.75, 3.05) is 0 Å². The van der Waals surface area contributed by atoms with E-state index < -0.39 is 10.8 Å². The topological polar surface area (TPSA) is 79.9 Å². The van der Waals surface area contributed by atoms with E-state index in [-0.39, 0.29) is 0 Å². The lowest BCUT2D eigenvalue weighted by Gasteiger charge is -2.39. The van der Waals surface area contributed by atoms with E-state index >= 15 is 0 Å². The van der Waals surface area contributed by atoms with Gasteiger partial charge in [-0.1, -0.05) is 346 Å². The summed E-state index contributed by atoms with van der Waals surface area (Å²) in [4.78, 5) is 21.6. The van der Waals surface area contributed by atoms with Crippen LogP contribution in [0.1, 0.15) is 44.5 Å². The number of ether oxygens (including phenoxy) is 2. The maximum Gasteiger partial charge on any atom is 0.164 e. The number of aromatic nitrogens is 6. The second kappa shape index (κ2) is 26.2. The number of hydrogen-bond acceptors (Lipinski definition) is 6. The molecule has 22 aromatic rings. The Balaban J connectivity index is 0.645. The van der Waals surface area contributed by atoms with Gasteiger partial charge in [-0.05, 0) is 143 Å². The molecule has 0 amide bonds. The van der Waals surface area contributed by atoms with Crippen molar-refractivity contribution in [2.45, 2.75) is 10.8 Å². The van der Waals surface area contributed by atoms with Crippen LogP contribution in [0.15, 0.2) is 413 Å². The molecule has 4 aliphatic rings. The van der Waals surface area contributed by atoms with Crippen LogP contribution in [0.5, 0.6) is 23.0 Å². The molecule has 122 heavy (non-hydrogen) atoms. The van der Waals surface area contributed by atoms with Gasteiger partial charge in [0.2, 0.25) is 0 Å². The molecule has 566 valence electrons. The van der Waals surface area contributed by atoms with E-state index in [9.17, 15) is 0 Å². The fourth-order valence-corrected chi connectivity index (χ4v) is 21.1. The molecule has 4 aromatic heterocycles. The minimum atomic E-state index is -0.824. The summed E-state index contributed by atoms with van der Waals surface area (Å²) >= 11 is 0. The van der Waals surface area contributed by atoms with Crippen molar-refractivity contribution in [1.82, 2.24) is 29.1 Å². The predicted octanol–water partition coefficient (Wildman–Crippen LogP) is 28.4. The third-order valence-corrected chi connectivity index (χ3v) is 26.3. The van der Waals surface area contributed by atoms with Gasteiger partial charge in [-0.3, -0.25) is 4.57 Å². The first-order valence-electron chi connectivity index (χ1n) is 41.7. The lowest BCUT2D eigenvalue weighted by molar-refractivity contribution is 0.437. The number of para-hydroxylation sites is 2. The highest BCUT2D eigenvalue weighted by atomic mass is 16.5. The summed E-state index contributed by atoms with van der Waals surface area (Å²) in [7, 11) is 0. The number of rotatable bonds is 9. The van der Waals surface area contributed by atoms with Crippen LogP contribution < -0.4 is 9.47 Å². The molecule has 8 nitrogen and oxygen atoms in total. The molecule has 2 aliphatic heterocycles. The number of hydrogen-bond donors (Lipinski definition) is 0. The van der Waals surface area contributed by atoms with Gasteiger partial charge in [-0.2, -0.15) is 0 Å². The molecule has 1 unspecified atom stereocenters. The molecule has 26 rings (SSSR count). The van der Waals surface area contributed by atoms with Crippen LogP contribution in [0.4, 0.5) is 0 Å². The highest BCUT2D eigenvalue weighted by molar-refractivity contribution is 6.21. The number of pyridine rings is 1. The molecule has 2 aliphatic carbocycles. The molecule has 18 aromatic carbocycles. The van der Waals surface area contributed by atoms with E-state index in [1.807, 2.05) is 24.3 Å². The summed E-state index contributed by atoms with van der Waals surface area (Å²) in [6.07, 6.45) is 0. The largest absolute Gasteiger partial charge is 0.457 e. The van der Waals surface area contributed by atoms with Crippen LogP contribution in [-0.4, -0.2) is 29.1 Å². The van der Waals surface area contributed by atoms with Crippen molar-refractivity contribution in [3.05, 3.63) is 457 Å². The first kappa shape index (κ1) is 68.0. The summed E-state index contributed by atoms with van der Waals surface area (Å²) < 4.78 is 19.6. The average Bonchev–Trinajstić information content (AvgIpc) is 1.51. The van der Waals surface area contributed by atoms with Crippen LogP contribution in [0.2, 0.25) is 0 Å². The summed E-state index contributed by atoms with van der Waals surface area (Å²) in [5, 5.41) is 9.04. The minimum Gasteiger partial charge on any atom is -0.457 e. The second-order valence-corrected chi connectivity index (χ2v) is 32.5. The molecule has 6 heterocycles. The summed E-state index contributed by atoms with van der Waals surface area (Å²) in [5.74, 6) is 5.82. The highest BCUT2D eigenvalue weighted by Crippen LogP contribution is 2.66. The van der Waals surface area contributed by atoms with Gasteiger partial charge in [0.05, 0.1) is 38.6 Å². The van der Waals surface area contributed by atoms with Crippen molar-refractivity contribution in [1.29, 1.82) is 0 Å². The average molecular weight is 1550 g/mol. The molecule has 0 bridgehead atoms. The van der Waals surface area contributed by atoms with Gasteiger partial charge in [0.25, 0.3) is 0 Å². The van der Waals surface area contributed by atoms with E-state index in [4.69, 9.17) is 29.4 Å². The highest BCUT2D eigenvalue weighted by Gasteiger charge is 2.54. The van der Waals surface area contributed by atoms with Gasteiger partial charge in [-0.15, -0.1) is 0 Å². The Morgan fingerprint density at radius 1 is 0.213 bits per heavy atom. The van der Waals surface area contributed by atoms with Gasteiger partial charge < -0.3 is 14.0 Å². The lowest BCUT2D eigenvalue weighted by atomic mass is 9.65. The normalized spacial score (nSPS) is 14.1. The Bertz CT molecular complexity index is 8170. The minimum absolute atomic E-state index is 0.573. The van der Waals surface area contributed by atoms with Gasteiger partial charge in [0.1, 0.15) is 28.8 Å². The molecule has 0 saturated carbocycles. The van der Waals surface area contributed by atoms with Crippen LogP contribution in [-0.2, 0) is 10.8 Å². The third kappa shape index (κ3) is 9.80. The first-order chi connectivity index (χ1) is 60.5. The molecule has 8 heteroatoms. The van der Waals surface area contributed by atoms with E-state index in [0.29, 0.717) is 17.5 Å². The van der Waals surface area contributed by atoms with Gasteiger partial charge in [0.15, 0.2) is 17.5 Å². The Morgan fingerprint density at radius 2 is 0.639 bits per heavy atom. The Morgan fingerprint density at radius 3 is 1.26 bits per heavy atom. The second-order valence-electron chi connectivity index (χ2n) is 32.5. The van der Waals surface area contributed by atoms with Crippen LogP contribution in [0.3, 0.4) is 0 Å². The van der Waals surface area contributed by atoms with Crippen LogP contribution >= 0.6 is 0 Å². The lowest BCUT2D eigenvalue weighted by Crippen LogP contribution is -2.32. The standard InChI is InChI=1S/C114H68N6O2/c1-4-27-69(28-5-1)70-53-55-75(56-54-70)111-116-110(74-33-8-3-9-34-74)117-112(118-111)78-37-25-38-80(62-78)119-100-67-104-98(65-89(100)86-59-57-71-29-10-12-39-82(71)108(86)119)114(95-49-21-23-52-103(95)122-104)93-47-19-16-43-88(93)107-81(44-26-50-96(107)114)77-36-24-35-76(61-77)79-63-99(73-31-6-2-7-32-73)115-106(64-79)120-101-68-105-97(66-90(101)87-60-58-72-30-11-13-40-83(72)109(87)120)113(94-48-20-22-51-102(94)121-105)91-45-17-14-41-84(91)85-42-15-18-46-92(85)113/h1-68H. The first-order valence-corrected chi connectivity index (χ1v) is 41.7. The van der Waals surface area contributed by atoms with E-state index in [2.05, 4.69) is 397 Å². The van der Waals surface area contributed by atoms with Crippen molar-refractivity contribution >= 4 is 65.2 Å². The maximum atomic E-state index is 7.47. The summed E-state index contributed by atoms with van der Waals surface area (Å²) in [5.41, 5.74) is 28.9. The molecule has 0 N–H and O–H groups in total. The van der Waals surface area contributed by atoms with Crippen molar-refractivity contribution in [3.8, 4) is 136 Å². The summed E-state index contributed by atoms with van der Waals surface area (Å²) in [6, 6.07) is 150. The van der Waals surface area contributed by atoms with Crippen molar-refractivity contribution < 1.29 is 9.47 Å².